The van der Waals surface area contributed by atoms with E-state index in [-0.39, 0.29) is 5.95 Å². The monoisotopic (exact) mass is 243 g/mol. The van der Waals surface area contributed by atoms with E-state index in [1.807, 2.05) is 0 Å². The first-order valence-electron chi connectivity index (χ1n) is 3.85. The summed E-state index contributed by atoms with van der Waals surface area (Å²) < 4.78 is 1.51. The van der Waals surface area contributed by atoms with Crippen molar-refractivity contribution in [2.75, 3.05) is 5.73 Å². The highest BCUT2D eigenvalue weighted by Crippen LogP contribution is 2.29. The molecule has 78 valence electrons. The Hall–Kier alpha value is -1.41. The van der Waals surface area contributed by atoms with Crippen LogP contribution in [0.15, 0.2) is 16.4 Å². The Morgan fingerprint density at radius 1 is 1.53 bits per heavy atom. The van der Waals surface area contributed by atoms with Gasteiger partial charge in [0.05, 0.1) is 11.2 Å². The van der Waals surface area contributed by atoms with E-state index in [1.165, 1.54) is 22.6 Å². The molecule has 0 atom stereocenters. The zero-order valence-corrected chi connectivity index (χ0v) is 9.20. The van der Waals surface area contributed by atoms with Crippen molar-refractivity contribution in [2.45, 2.75) is 10.2 Å². The van der Waals surface area contributed by atoms with Crippen molar-refractivity contribution in [3.05, 3.63) is 11.2 Å². The van der Waals surface area contributed by atoms with Gasteiger partial charge in [0.2, 0.25) is 11.1 Å². The van der Waals surface area contributed by atoms with Crippen LogP contribution in [0.4, 0.5) is 5.95 Å². The van der Waals surface area contributed by atoms with Gasteiger partial charge in [-0.15, -0.1) is 5.10 Å². The summed E-state index contributed by atoms with van der Waals surface area (Å²) >= 11 is 7.11. The first-order valence-corrected chi connectivity index (χ1v) is 5.04. The van der Waals surface area contributed by atoms with E-state index >= 15 is 0 Å². The Morgan fingerprint density at radius 3 is 3.00 bits per heavy atom. The fraction of sp³-hybridized carbons (Fsp3) is 0.167. The van der Waals surface area contributed by atoms with Crippen molar-refractivity contribution < 1.29 is 0 Å². The second-order valence-corrected chi connectivity index (χ2v) is 3.93. The van der Waals surface area contributed by atoms with Crippen molar-refractivity contribution in [3.63, 3.8) is 0 Å². The Balaban J connectivity index is 2.32. The summed E-state index contributed by atoms with van der Waals surface area (Å²) in [5, 5.41) is 12.5. The van der Waals surface area contributed by atoms with E-state index < -0.39 is 0 Å². The summed E-state index contributed by atoms with van der Waals surface area (Å²) in [4.78, 5) is 7.73. The van der Waals surface area contributed by atoms with E-state index in [2.05, 4.69) is 25.5 Å². The van der Waals surface area contributed by atoms with Crippen molar-refractivity contribution in [2.24, 2.45) is 7.05 Å². The van der Waals surface area contributed by atoms with E-state index in [9.17, 15) is 0 Å². The second-order valence-electron chi connectivity index (χ2n) is 2.57. The lowest BCUT2D eigenvalue weighted by molar-refractivity contribution is 0.664. The molecule has 0 saturated heterocycles. The van der Waals surface area contributed by atoms with Gasteiger partial charge in [0, 0.05) is 7.05 Å². The van der Waals surface area contributed by atoms with Gasteiger partial charge in [-0.3, -0.25) is 0 Å². The molecule has 0 aliphatic heterocycles. The van der Waals surface area contributed by atoms with Gasteiger partial charge in [0.25, 0.3) is 0 Å². The van der Waals surface area contributed by atoms with Gasteiger partial charge < -0.3 is 5.73 Å². The minimum atomic E-state index is 0.164. The molecular formula is C6H6ClN7S. The quantitative estimate of drug-likeness (QED) is 0.762. The largest absolute Gasteiger partial charge is 0.368 e. The topological polar surface area (TPSA) is 95.4 Å². The van der Waals surface area contributed by atoms with Crippen LogP contribution in [0, 0.1) is 0 Å². The molecule has 7 nitrogen and oxygen atoms in total. The van der Waals surface area contributed by atoms with Crippen LogP contribution in [0.2, 0.25) is 5.02 Å². The van der Waals surface area contributed by atoms with Gasteiger partial charge in [-0.1, -0.05) is 11.6 Å². The molecule has 2 rings (SSSR count). The first kappa shape index (κ1) is 10.1. The third-order valence-corrected chi connectivity index (χ3v) is 2.92. The molecule has 2 aromatic heterocycles. The van der Waals surface area contributed by atoms with Crippen LogP contribution in [0.5, 0.6) is 0 Å². The molecule has 0 spiro atoms. The van der Waals surface area contributed by atoms with Gasteiger partial charge >= 0.3 is 0 Å². The van der Waals surface area contributed by atoms with Crippen LogP contribution in [0.25, 0.3) is 0 Å². The predicted octanol–water partition coefficient (Wildman–Crippen LogP) is 0.387. The molecule has 2 aromatic rings. The number of anilines is 1. The van der Waals surface area contributed by atoms with E-state index in [0.717, 1.165) is 0 Å². The lowest BCUT2D eigenvalue weighted by Crippen LogP contribution is -1.97. The zero-order valence-electron chi connectivity index (χ0n) is 7.62. The highest BCUT2D eigenvalue weighted by molar-refractivity contribution is 7.99. The number of nitrogen functional groups attached to an aromatic ring is 1. The van der Waals surface area contributed by atoms with E-state index in [0.29, 0.717) is 15.2 Å². The SMILES string of the molecule is Cn1nnnc1Sc1nc(N)ncc1Cl. The lowest BCUT2D eigenvalue weighted by atomic mass is 10.7. The number of hydrogen-bond donors (Lipinski definition) is 1. The van der Waals surface area contributed by atoms with Crippen molar-refractivity contribution in [1.29, 1.82) is 0 Å². The van der Waals surface area contributed by atoms with Gasteiger partial charge in [0.15, 0.2) is 0 Å². The standard InChI is InChI=1S/C6H6ClN7S/c1-14-6(11-12-13-14)15-4-3(7)2-9-5(8)10-4/h2H,1H3,(H2,8,9,10). The molecule has 2 N–H and O–H groups in total. The molecule has 0 aromatic carbocycles. The highest BCUT2D eigenvalue weighted by atomic mass is 35.5. The molecular weight excluding hydrogens is 238 g/mol. The predicted molar refractivity (Wildman–Crippen MR) is 54.4 cm³/mol. The van der Waals surface area contributed by atoms with Crippen molar-refractivity contribution in [3.8, 4) is 0 Å². The molecule has 0 radical (unpaired) electrons. The maximum atomic E-state index is 5.89. The Labute approximate surface area is 94.0 Å². The van der Waals surface area contributed by atoms with Crippen molar-refractivity contribution >= 4 is 29.3 Å². The van der Waals surface area contributed by atoms with Crippen LogP contribution in [-0.2, 0) is 7.05 Å². The van der Waals surface area contributed by atoms with Gasteiger partial charge in [-0.05, 0) is 22.2 Å². The normalized spacial score (nSPS) is 10.5. The fourth-order valence-electron chi connectivity index (χ4n) is 0.830. The third kappa shape index (κ3) is 2.16. The zero-order chi connectivity index (χ0) is 10.8. The first-order chi connectivity index (χ1) is 7.16. The summed E-state index contributed by atoms with van der Waals surface area (Å²) in [5.41, 5.74) is 5.44. The smallest absolute Gasteiger partial charge is 0.221 e. The molecule has 0 aliphatic carbocycles. The molecule has 0 fully saturated rings. The average molecular weight is 244 g/mol. The van der Waals surface area contributed by atoms with E-state index in [4.69, 9.17) is 17.3 Å². The fourth-order valence-corrected chi connectivity index (χ4v) is 1.75. The number of halogens is 1. The summed E-state index contributed by atoms with van der Waals surface area (Å²) in [6.45, 7) is 0. The second kappa shape index (κ2) is 3.99. The number of aromatic nitrogens is 6. The van der Waals surface area contributed by atoms with Crippen LogP contribution < -0.4 is 5.73 Å². The third-order valence-electron chi connectivity index (χ3n) is 1.50. The molecule has 0 aliphatic rings. The molecule has 0 saturated carbocycles. The Kier molecular flexibility index (Phi) is 2.69. The average Bonchev–Trinajstić information content (AvgIpc) is 2.58. The number of hydrogen-bond acceptors (Lipinski definition) is 7. The number of tetrazole rings is 1. The maximum Gasteiger partial charge on any atom is 0.221 e. The summed E-state index contributed by atoms with van der Waals surface area (Å²) in [7, 11) is 1.72. The highest BCUT2D eigenvalue weighted by Gasteiger charge is 2.10. The minimum Gasteiger partial charge on any atom is -0.368 e. The van der Waals surface area contributed by atoms with Gasteiger partial charge in [-0.25, -0.2) is 14.6 Å². The number of aryl methyl sites for hydroxylation is 1. The molecule has 0 bridgehead atoms. The Bertz CT molecular complexity index is 484. The minimum absolute atomic E-state index is 0.164. The molecule has 9 heteroatoms. The van der Waals surface area contributed by atoms with Crippen LogP contribution in [0.3, 0.4) is 0 Å². The molecule has 0 amide bonds. The van der Waals surface area contributed by atoms with E-state index in [1.54, 1.807) is 7.05 Å². The summed E-state index contributed by atoms with van der Waals surface area (Å²) in [6.07, 6.45) is 1.44. The van der Waals surface area contributed by atoms with Crippen LogP contribution in [0.1, 0.15) is 0 Å². The lowest BCUT2D eigenvalue weighted by Gasteiger charge is -2.01. The Morgan fingerprint density at radius 2 is 2.33 bits per heavy atom. The number of nitrogens with two attached hydrogens (primary N) is 1. The van der Waals surface area contributed by atoms with Crippen LogP contribution >= 0.6 is 23.4 Å². The summed E-state index contributed by atoms with van der Waals surface area (Å²) in [5.74, 6) is 0.164. The summed E-state index contributed by atoms with van der Waals surface area (Å²) in [6, 6.07) is 0. The van der Waals surface area contributed by atoms with Crippen LogP contribution in [-0.4, -0.2) is 30.2 Å². The number of rotatable bonds is 2. The van der Waals surface area contributed by atoms with Crippen molar-refractivity contribution in [1.82, 2.24) is 30.2 Å². The molecule has 15 heavy (non-hydrogen) atoms. The van der Waals surface area contributed by atoms with Gasteiger partial charge in [-0.2, -0.15) is 0 Å². The molecule has 2 heterocycles. The number of nitrogens with zero attached hydrogens (tertiary/aromatic N) is 6. The molecule has 0 unspecified atom stereocenters. The maximum absolute atomic E-state index is 5.89. The van der Waals surface area contributed by atoms with Gasteiger partial charge in [0.1, 0.15) is 5.03 Å².